The van der Waals surface area contributed by atoms with Crippen LogP contribution in [-0.2, 0) is 12.8 Å². The first-order chi connectivity index (χ1) is 14.3. The Labute approximate surface area is 169 Å². The Bertz CT molecular complexity index is 1090. The van der Waals surface area contributed by atoms with Gasteiger partial charge in [-0.3, -0.25) is 0 Å². The first kappa shape index (κ1) is 17.9. The topological polar surface area (TPSA) is 92.2 Å². The zero-order valence-corrected chi connectivity index (χ0v) is 16.5. The molecule has 1 fully saturated rings. The molecule has 8 nitrogen and oxygen atoms in total. The van der Waals surface area contributed by atoms with Crippen molar-refractivity contribution in [3.63, 3.8) is 0 Å². The Morgan fingerprint density at radius 1 is 1.14 bits per heavy atom. The van der Waals surface area contributed by atoms with Crippen LogP contribution in [0.5, 0.6) is 5.88 Å². The normalized spacial score (nSPS) is 17.2. The molecule has 3 aromatic rings. The molecule has 1 aliphatic heterocycles. The molecule has 29 heavy (non-hydrogen) atoms. The lowest BCUT2D eigenvalue weighted by Gasteiger charge is -2.33. The lowest BCUT2D eigenvalue weighted by atomic mass is 9.93. The summed E-state index contributed by atoms with van der Waals surface area (Å²) in [6, 6.07) is 8.09. The molecule has 8 heteroatoms. The van der Waals surface area contributed by atoms with Gasteiger partial charge in [-0.2, -0.15) is 9.78 Å². The van der Waals surface area contributed by atoms with Crippen LogP contribution in [0.3, 0.4) is 0 Å². The molecular weight excluding hydrogens is 366 g/mol. The average Bonchev–Trinajstić information content (AvgIpc) is 3.21. The number of pyridine rings is 1. The molecule has 0 aromatic carbocycles. The summed E-state index contributed by atoms with van der Waals surface area (Å²) in [7, 11) is 1.61. The molecule has 0 unspecified atom stereocenters. The number of hydrogen-bond acceptors (Lipinski definition) is 7. The maximum absolute atomic E-state index is 9.66. The molecule has 3 aromatic heterocycles. The van der Waals surface area contributed by atoms with E-state index in [-0.39, 0.29) is 5.92 Å². The van der Waals surface area contributed by atoms with Gasteiger partial charge in [0.05, 0.1) is 12.7 Å². The van der Waals surface area contributed by atoms with Crippen LogP contribution in [0.15, 0.2) is 18.2 Å². The number of ether oxygens (including phenoxy) is 1. The van der Waals surface area contributed by atoms with E-state index in [9.17, 15) is 5.26 Å². The zero-order chi connectivity index (χ0) is 19.8. The number of aryl methyl sites for hydroxylation is 2. The van der Waals surface area contributed by atoms with Crippen molar-refractivity contribution in [3.05, 3.63) is 40.8 Å². The third-order valence-corrected chi connectivity index (χ3v) is 6.03. The van der Waals surface area contributed by atoms with E-state index in [4.69, 9.17) is 9.72 Å². The Balaban J connectivity index is 1.38. The van der Waals surface area contributed by atoms with Gasteiger partial charge in [0, 0.05) is 30.8 Å². The van der Waals surface area contributed by atoms with Crippen LogP contribution < -0.4 is 9.64 Å². The first-order valence-electron chi connectivity index (χ1n) is 10.2. The summed E-state index contributed by atoms with van der Waals surface area (Å²) >= 11 is 0. The smallest absolute Gasteiger partial charge is 0.231 e. The quantitative estimate of drug-likeness (QED) is 0.680. The highest BCUT2D eigenvalue weighted by Crippen LogP contribution is 2.32. The van der Waals surface area contributed by atoms with Gasteiger partial charge >= 0.3 is 0 Å². The fourth-order valence-electron chi connectivity index (χ4n) is 4.45. The summed E-state index contributed by atoms with van der Waals surface area (Å²) in [6.07, 6.45) is 6.27. The van der Waals surface area contributed by atoms with Crippen molar-refractivity contribution in [3.8, 4) is 11.9 Å². The second-order valence-electron chi connectivity index (χ2n) is 7.75. The summed E-state index contributed by atoms with van der Waals surface area (Å²) in [5.41, 5.74) is 3.85. The molecule has 0 N–H and O–H groups in total. The summed E-state index contributed by atoms with van der Waals surface area (Å²) in [5.74, 6) is 2.53. The standard InChI is InChI=1S/C21H23N7O/c1-29-19-7-6-18-24-25-21(28(18)26-19)14-8-10-27(11-9-14)20-16(13-22)12-15-4-2-3-5-17(15)23-20/h6-7,12,14H,2-5,8-11H2,1H3. The minimum atomic E-state index is 0.268. The molecule has 1 saturated heterocycles. The van der Waals surface area contributed by atoms with E-state index in [1.165, 1.54) is 24.1 Å². The average molecular weight is 389 g/mol. The molecule has 5 rings (SSSR count). The molecule has 0 atom stereocenters. The van der Waals surface area contributed by atoms with E-state index in [0.29, 0.717) is 11.4 Å². The van der Waals surface area contributed by atoms with Crippen LogP contribution in [0.1, 0.15) is 54.2 Å². The molecule has 1 aliphatic carbocycles. The number of piperidine rings is 1. The lowest BCUT2D eigenvalue weighted by Crippen LogP contribution is -2.35. The number of nitrogens with zero attached hydrogens (tertiary/aromatic N) is 7. The fraction of sp³-hybridized carbons (Fsp3) is 0.476. The number of anilines is 1. The van der Waals surface area contributed by atoms with E-state index in [2.05, 4.69) is 32.3 Å². The van der Waals surface area contributed by atoms with Gasteiger partial charge in [-0.05, 0) is 56.2 Å². The van der Waals surface area contributed by atoms with Crippen molar-refractivity contribution in [2.75, 3.05) is 25.1 Å². The van der Waals surface area contributed by atoms with Crippen molar-refractivity contribution in [1.82, 2.24) is 24.8 Å². The lowest BCUT2D eigenvalue weighted by molar-refractivity contribution is 0.386. The number of methoxy groups -OCH3 is 1. The van der Waals surface area contributed by atoms with Gasteiger partial charge in [0.25, 0.3) is 0 Å². The first-order valence-corrected chi connectivity index (χ1v) is 10.2. The Hall–Kier alpha value is -3.21. The summed E-state index contributed by atoms with van der Waals surface area (Å²) in [5, 5.41) is 22.8. The van der Waals surface area contributed by atoms with E-state index >= 15 is 0 Å². The largest absolute Gasteiger partial charge is 0.480 e. The number of aromatic nitrogens is 5. The van der Waals surface area contributed by atoms with Gasteiger partial charge in [-0.1, -0.05) is 0 Å². The van der Waals surface area contributed by atoms with Gasteiger partial charge in [-0.25, -0.2) is 4.98 Å². The minimum Gasteiger partial charge on any atom is -0.480 e. The molecular formula is C21H23N7O. The monoisotopic (exact) mass is 389 g/mol. The second kappa shape index (κ2) is 7.32. The molecule has 2 aliphatic rings. The van der Waals surface area contributed by atoms with Crippen molar-refractivity contribution in [1.29, 1.82) is 5.26 Å². The highest BCUT2D eigenvalue weighted by molar-refractivity contribution is 5.57. The number of fused-ring (bicyclic) bond motifs is 2. The summed E-state index contributed by atoms with van der Waals surface area (Å²) in [6.45, 7) is 1.67. The van der Waals surface area contributed by atoms with E-state index in [1.807, 2.05) is 6.07 Å². The van der Waals surface area contributed by atoms with E-state index < -0.39 is 0 Å². The molecule has 0 amide bonds. The minimum absolute atomic E-state index is 0.268. The van der Waals surface area contributed by atoms with Gasteiger partial charge in [-0.15, -0.1) is 15.3 Å². The zero-order valence-electron chi connectivity index (χ0n) is 16.5. The Kier molecular flexibility index (Phi) is 4.51. The van der Waals surface area contributed by atoms with Crippen molar-refractivity contribution < 1.29 is 4.74 Å². The maximum atomic E-state index is 9.66. The molecule has 0 bridgehead atoms. The summed E-state index contributed by atoms with van der Waals surface area (Å²) in [4.78, 5) is 7.16. The highest BCUT2D eigenvalue weighted by Gasteiger charge is 2.28. The van der Waals surface area contributed by atoms with Crippen LogP contribution in [-0.4, -0.2) is 45.0 Å². The van der Waals surface area contributed by atoms with Gasteiger partial charge in [0.1, 0.15) is 11.9 Å². The summed E-state index contributed by atoms with van der Waals surface area (Å²) < 4.78 is 7.03. The molecule has 4 heterocycles. The van der Waals surface area contributed by atoms with Crippen molar-refractivity contribution in [2.24, 2.45) is 0 Å². The molecule has 0 saturated carbocycles. The van der Waals surface area contributed by atoms with Gasteiger partial charge < -0.3 is 9.64 Å². The highest BCUT2D eigenvalue weighted by atomic mass is 16.5. The molecule has 0 radical (unpaired) electrons. The van der Waals surface area contributed by atoms with Crippen LogP contribution in [0.2, 0.25) is 0 Å². The SMILES string of the molecule is COc1ccc2nnc(C3CCN(c4nc5c(cc4C#N)CCCC5)CC3)n2n1. The molecule has 148 valence electrons. The van der Waals surface area contributed by atoms with Crippen LogP contribution in [0.25, 0.3) is 5.65 Å². The van der Waals surface area contributed by atoms with Crippen molar-refractivity contribution in [2.45, 2.75) is 44.4 Å². The van der Waals surface area contributed by atoms with Crippen LogP contribution in [0.4, 0.5) is 5.82 Å². The number of hydrogen-bond donors (Lipinski definition) is 0. The van der Waals surface area contributed by atoms with Gasteiger partial charge in [0.15, 0.2) is 11.5 Å². The predicted octanol–water partition coefficient (Wildman–Crippen LogP) is 2.66. The Morgan fingerprint density at radius 2 is 1.97 bits per heavy atom. The fourth-order valence-corrected chi connectivity index (χ4v) is 4.45. The third-order valence-electron chi connectivity index (χ3n) is 6.03. The molecule has 0 spiro atoms. The van der Waals surface area contributed by atoms with Crippen LogP contribution in [0, 0.1) is 11.3 Å². The van der Waals surface area contributed by atoms with E-state index in [1.54, 1.807) is 17.7 Å². The van der Waals surface area contributed by atoms with Gasteiger partial charge in [0.2, 0.25) is 5.88 Å². The van der Waals surface area contributed by atoms with Crippen molar-refractivity contribution >= 4 is 11.5 Å². The predicted molar refractivity (Wildman–Crippen MR) is 107 cm³/mol. The number of nitriles is 1. The number of rotatable bonds is 3. The maximum Gasteiger partial charge on any atom is 0.231 e. The Morgan fingerprint density at radius 3 is 2.76 bits per heavy atom. The van der Waals surface area contributed by atoms with Crippen LogP contribution >= 0.6 is 0 Å². The third kappa shape index (κ3) is 3.16. The van der Waals surface area contributed by atoms with E-state index in [0.717, 1.165) is 56.1 Å². The second-order valence-corrected chi connectivity index (χ2v) is 7.75.